The van der Waals surface area contributed by atoms with E-state index in [0.29, 0.717) is 24.7 Å². The molecule has 2 amide bonds. The molecule has 2 aromatic rings. The topological polar surface area (TPSA) is 55.8 Å². The monoisotopic (exact) mass is 367 g/mol. The summed E-state index contributed by atoms with van der Waals surface area (Å²) in [6, 6.07) is 7.90. The van der Waals surface area contributed by atoms with Gasteiger partial charge in [-0.15, -0.1) is 11.3 Å². The average molecular weight is 368 g/mol. The first-order chi connectivity index (χ1) is 11.5. The molecule has 1 aliphatic heterocycles. The summed E-state index contributed by atoms with van der Waals surface area (Å²) in [4.78, 5) is 17.0. The standard InChI is InChI=1S/C17H22ClN3O2S/c1-20(2)12-7-8-21(10-13(12)22)17(23)19-9-15-16(18)11-5-3-4-6-14(11)24-15/h3-6,12-13,22H,7-10H2,1-2H3,(H,19,23)/t12-,13-/m0/s1. The van der Waals surface area contributed by atoms with E-state index >= 15 is 0 Å². The third-order valence-electron chi connectivity index (χ3n) is 4.50. The highest BCUT2D eigenvalue weighted by molar-refractivity contribution is 7.19. The lowest BCUT2D eigenvalue weighted by molar-refractivity contribution is 0.0167. The quantitative estimate of drug-likeness (QED) is 0.877. The molecule has 0 saturated carbocycles. The fourth-order valence-corrected chi connectivity index (χ4v) is 4.59. The predicted octanol–water partition coefficient (Wildman–Crippen LogP) is 2.76. The Morgan fingerprint density at radius 3 is 2.88 bits per heavy atom. The molecule has 2 N–H and O–H groups in total. The molecule has 1 fully saturated rings. The molecule has 1 aliphatic rings. The van der Waals surface area contributed by atoms with Crippen molar-refractivity contribution < 1.29 is 9.90 Å². The summed E-state index contributed by atoms with van der Waals surface area (Å²) in [5.74, 6) is 0. The van der Waals surface area contributed by atoms with Gasteiger partial charge in [0.2, 0.25) is 0 Å². The second-order valence-electron chi connectivity index (χ2n) is 6.33. The molecule has 0 spiro atoms. The van der Waals surface area contributed by atoms with Crippen LogP contribution in [0.5, 0.6) is 0 Å². The molecule has 0 unspecified atom stereocenters. The van der Waals surface area contributed by atoms with E-state index in [2.05, 4.69) is 5.32 Å². The van der Waals surface area contributed by atoms with Crippen molar-refractivity contribution in [1.82, 2.24) is 15.1 Å². The van der Waals surface area contributed by atoms with Crippen molar-refractivity contribution in [3.8, 4) is 0 Å². The van der Waals surface area contributed by atoms with Crippen molar-refractivity contribution in [1.29, 1.82) is 0 Å². The summed E-state index contributed by atoms with van der Waals surface area (Å²) >= 11 is 8.00. The Morgan fingerprint density at radius 1 is 1.46 bits per heavy atom. The van der Waals surface area contributed by atoms with Crippen molar-refractivity contribution in [2.75, 3.05) is 27.2 Å². The van der Waals surface area contributed by atoms with E-state index in [1.165, 1.54) is 0 Å². The van der Waals surface area contributed by atoms with Gasteiger partial charge in [-0.05, 0) is 26.6 Å². The minimum absolute atomic E-state index is 0.103. The van der Waals surface area contributed by atoms with E-state index in [0.717, 1.165) is 21.4 Å². The minimum atomic E-state index is -0.521. The Hall–Kier alpha value is -1.34. The van der Waals surface area contributed by atoms with Gasteiger partial charge in [-0.2, -0.15) is 0 Å². The van der Waals surface area contributed by atoms with Gasteiger partial charge in [-0.25, -0.2) is 4.79 Å². The molecular formula is C17H22ClN3O2S. The normalized spacial score (nSPS) is 21.5. The molecule has 130 valence electrons. The fourth-order valence-electron chi connectivity index (χ4n) is 3.15. The Kier molecular flexibility index (Phi) is 5.30. The molecule has 2 heterocycles. The third-order valence-corrected chi connectivity index (χ3v) is 6.21. The van der Waals surface area contributed by atoms with Crippen molar-refractivity contribution in [3.05, 3.63) is 34.2 Å². The smallest absolute Gasteiger partial charge is 0.317 e. The number of likely N-dealkylation sites (tertiary alicyclic amines) is 1. The Morgan fingerprint density at radius 2 is 2.21 bits per heavy atom. The van der Waals surface area contributed by atoms with Gasteiger partial charge >= 0.3 is 6.03 Å². The maximum absolute atomic E-state index is 12.4. The molecule has 5 nitrogen and oxygen atoms in total. The zero-order valence-corrected chi connectivity index (χ0v) is 15.4. The lowest BCUT2D eigenvalue weighted by atomic mass is 10.0. The summed E-state index contributed by atoms with van der Waals surface area (Å²) in [6.45, 7) is 1.40. The van der Waals surface area contributed by atoms with Crippen LogP contribution in [-0.4, -0.2) is 60.3 Å². The lowest BCUT2D eigenvalue weighted by Crippen LogP contribution is -2.55. The largest absolute Gasteiger partial charge is 0.390 e. The van der Waals surface area contributed by atoms with Crippen LogP contribution >= 0.6 is 22.9 Å². The number of nitrogens with zero attached hydrogens (tertiary/aromatic N) is 2. The Balaban J connectivity index is 1.60. The molecule has 1 aromatic carbocycles. The van der Waals surface area contributed by atoms with E-state index in [1.54, 1.807) is 16.2 Å². The second-order valence-corrected chi connectivity index (χ2v) is 7.84. The molecule has 0 radical (unpaired) electrons. The Bertz CT molecular complexity index is 734. The SMILES string of the molecule is CN(C)[C@H]1CCN(C(=O)NCc2sc3ccccc3c2Cl)C[C@@H]1O. The van der Waals surface area contributed by atoms with E-state index in [1.807, 2.05) is 43.3 Å². The highest BCUT2D eigenvalue weighted by Crippen LogP contribution is 2.35. The van der Waals surface area contributed by atoms with E-state index in [9.17, 15) is 9.90 Å². The van der Waals surface area contributed by atoms with E-state index < -0.39 is 6.10 Å². The first-order valence-electron chi connectivity index (χ1n) is 8.00. The van der Waals surface area contributed by atoms with Gasteiger partial charge in [0, 0.05) is 34.1 Å². The van der Waals surface area contributed by atoms with Crippen molar-refractivity contribution >= 4 is 39.1 Å². The van der Waals surface area contributed by atoms with Crippen molar-refractivity contribution in [3.63, 3.8) is 0 Å². The van der Waals surface area contributed by atoms with Crippen LogP contribution < -0.4 is 5.32 Å². The summed E-state index contributed by atoms with van der Waals surface area (Å²) in [6.07, 6.45) is 0.248. The van der Waals surface area contributed by atoms with Crippen LogP contribution in [0.1, 0.15) is 11.3 Å². The molecule has 3 rings (SSSR count). The van der Waals surface area contributed by atoms with Gasteiger partial charge in [0.1, 0.15) is 0 Å². The number of halogens is 1. The summed E-state index contributed by atoms with van der Waals surface area (Å²) in [5.41, 5.74) is 0. The van der Waals surface area contributed by atoms with Gasteiger partial charge < -0.3 is 20.2 Å². The van der Waals surface area contributed by atoms with E-state index in [4.69, 9.17) is 11.6 Å². The maximum Gasteiger partial charge on any atom is 0.317 e. The van der Waals surface area contributed by atoms with Crippen molar-refractivity contribution in [2.45, 2.75) is 25.1 Å². The number of likely N-dealkylation sites (N-methyl/N-ethyl adjacent to an activating group) is 1. The number of nitrogens with one attached hydrogen (secondary N) is 1. The summed E-state index contributed by atoms with van der Waals surface area (Å²) in [5, 5.41) is 14.9. The first-order valence-corrected chi connectivity index (χ1v) is 9.20. The van der Waals surface area contributed by atoms with Crippen LogP contribution in [0.2, 0.25) is 5.02 Å². The second kappa shape index (κ2) is 7.27. The average Bonchev–Trinajstić information content (AvgIpc) is 2.88. The predicted molar refractivity (Wildman–Crippen MR) is 98.7 cm³/mol. The number of hydrogen-bond acceptors (Lipinski definition) is 4. The number of benzene rings is 1. The summed E-state index contributed by atoms with van der Waals surface area (Å²) < 4.78 is 1.12. The number of aliphatic hydroxyl groups excluding tert-OH is 1. The zero-order chi connectivity index (χ0) is 17.3. The van der Waals surface area contributed by atoms with Crippen LogP contribution in [0.25, 0.3) is 10.1 Å². The number of urea groups is 1. The highest BCUT2D eigenvalue weighted by atomic mass is 35.5. The van der Waals surface area contributed by atoms with Gasteiger partial charge in [0.15, 0.2) is 0 Å². The van der Waals surface area contributed by atoms with Crippen LogP contribution in [0.4, 0.5) is 4.79 Å². The number of piperidine rings is 1. The number of rotatable bonds is 3. The number of hydrogen-bond donors (Lipinski definition) is 2. The number of carbonyl (C=O) groups excluding carboxylic acids is 1. The number of aliphatic hydroxyl groups is 1. The number of β-amino-alcohol motifs (C(OH)–C–C–N with tert-alkyl or cyclic N) is 1. The molecule has 2 atom stereocenters. The van der Waals surface area contributed by atoms with Gasteiger partial charge in [0.05, 0.1) is 17.7 Å². The van der Waals surface area contributed by atoms with Crippen LogP contribution in [-0.2, 0) is 6.54 Å². The van der Waals surface area contributed by atoms with Crippen molar-refractivity contribution in [2.24, 2.45) is 0 Å². The lowest BCUT2D eigenvalue weighted by Gasteiger charge is -2.38. The van der Waals surface area contributed by atoms with Crippen LogP contribution in [0.15, 0.2) is 24.3 Å². The van der Waals surface area contributed by atoms with E-state index in [-0.39, 0.29) is 12.1 Å². The molecule has 0 aliphatic carbocycles. The Labute approximate surface area is 150 Å². The van der Waals surface area contributed by atoms with Gasteiger partial charge in [-0.3, -0.25) is 0 Å². The molecule has 0 bridgehead atoms. The molecule has 7 heteroatoms. The molecule has 1 aromatic heterocycles. The first kappa shape index (κ1) is 17.5. The molecule has 24 heavy (non-hydrogen) atoms. The minimum Gasteiger partial charge on any atom is -0.390 e. The van der Waals surface area contributed by atoms with Crippen LogP contribution in [0.3, 0.4) is 0 Å². The number of amides is 2. The highest BCUT2D eigenvalue weighted by Gasteiger charge is 2.31. The fraction of sp³-hybridized carbons (Fsp3) is 0.471. The van der Waals surface area contributed by atoms with Gasteiger partial charge in [0.25, 0.3) is 0 Å². The summed E-state index contributed by atoms with van der Waals surface area (Å²) in [7, 11) is 3.90. The molecule has 1 saturated heterocycles. The van der Waals surface area contributed by atoms with Crippen LogP contribution in [0, 0.1) is 0 Å². The zero-order valence-electron chi connectivity index (χ0n) is 13.8. The van der Waals surface area contributed by atoms with Gasteiger partial charge in [-0.1, -0.05) is 29.8 Å². The number of fused-ring (bicyclic) bond motifs is 1. The molecular weight excluding hydrogens is 346 g/mol. The number of thiophene rings is 1. The third kappa shape index (κ3) is 3.52. The maximum atomic E-state index is 12.4. The number of carbonyl (C=O) groups is 1.